The van der Waals surface area contributed by atoms with E-state index in [1.54, 1.807) is 0 Å². The number of nitrogens with two attached hydrogens (primary N) is 1. The summed E-state index contributed by atoms with van der Waals surface area (Å²) in [7, 11) is 0. The lowest BCUT2D eigenvalue weighted by Gasteiger charge is -2.22. The zero-order valence-corrected chi connectivity index (χ0v) is 16.3. The van der Waals surface area contributed by atoms with Crippen molar-refractivity contribution in [3.05, 3.63) is 42.0 Å². The van der Waals surface area contributed by atoms with Crippen LogP contribution in [0, 0.1) is 0 Å². The molecule has 0 unspecified atom stereocenters. The molecule has 3 N–H and O–H groups in total. The second-order valence-corrected chi connectivity index (χ2v) is 6.18. The zero-order chi connectivity index (χ0) is 15.9. The molecule has 0 saturated heterocycles. The number of nitrogens with one attached hydrogen (secondary N) is 1. The van der Waals surface area contributed by atoms with Crippen LogP contribution in [-0.4, -0.2) is 25.7 Å². The first-order valence-corrected chi connectivity index (χ1v) is 7.21. The maximum atomic E-state index is 5.85. The fourth-order valence-electron chi connectivity index (χ4n) is 1.83. The molecule has 0 saturated carbocycles. The molecule has 0 spiro atoms. The van der Waals surface area contributed by atoms with Crippen molar-refractivity contribution in [2.45, 2.75) is 33.1 Å². The molecule has 0 aliphatic rings. The Kier molecular flexibility index (Phi) is 9.16. The average Bonchev–Trinajstić information content (AvgIpc) is 2.40. The fraction of sp³-hybridized carbons (Fsp3) is 0.471. The second-order valence-electron chi connectivity index (χ2n) is 6.18. The SMILES string of the molecule is C=C(C)CN=C(N)NCCOc1ccccc1C(C)(C)C.I. The Hall–Kier alpha value is -1.24. The highest BCUT2D eigenvalue weighted by molar-refractivity contribution is 14.0. The van der Waals surface area contributed by atoms with Gasteiger partial charge >= 0.3 is 0 Å². The van der Waals surface area contributed by atoms with Crippen molar-refractivity contribution < 1.29 is 4.74 Å². The highest BCUT2D eigenvalue weighted by atomic mass is 127. The van der Waals surface area contributed by atoms with Crippen LogP contribution in [0.1, 0.15) is 33.3 Å². The van der Waals surface area contributed by atoms with E-state index in [1.807, 2.05) is 25.1 Å². The van der Waals surface area contributed by atoms with E-state index < -0.39 is 0 Å². The molecule has 4 nitrogen and oxygen atoms in total. The van der Waals surface area contributed by atoms with Crippen molar-refractivity contribution in [1.82, 2.24) is 5.32 Å². The van der Waals surface area contributed by atoms with E-state index in [-0.39, 0.29) is 29.4 Å². The summed E-state index contributed by atoms with van der Waals surface area (Å²) < 4.78 is 5.85. The van der Waals surface area contributed by atoms with Crippen LogP contribution < -0.4 is 15.8 Å². The van der Waals surface area contributed by atoms with E-state index in [1.165, 1.54) is 5.56 Å². The van der Waals surface area contributed by atoms with Gasteiger partial charge in [0.2, 0.25) is 0 Å². The molecule has 0 heterocycles. The van der Waals surface area contributed by atoms with E-state index in [0.29, 0.717) is 25.7 Å². The molecule has 1 rings (SSSR count). The predicted octanol–water partition coefficient (Wildman–Crippen LogP) is 3.46. The summed E-state index contributed by atoms with van der Waals surface area (Å²) in [6, 6.07) is 8.12. The predicted molar refractivity (Wildman–Crippen MR) is 105 cm³/mol. The summed E-state index contributed by atoms with van der Waals surface area (Å²) in [6.07, 6.45) is 0. The molecule has 0 radical (unpaired) electrons. The van der Waals surface area contributed by atoms with Gasteiger partial charge in [0.25, 0.3) is 0 Å². The topological polar surface area (TPSA) is 59.6 Å². The molecule has 1 aromatic rings. The van der Waals surface area contributed by atoms with E-state index in [4.69, 9.17) is 10.5 Å². The fourth-order valence-corrected chi connectivity index (χ4v) is 1.83. The number of hydrogen-bond donors (Lipinski definition) is 2. The highest BCUT2D eigenvalue weighted by Gasteiger charge is 2.18. The Balaban J connectivity index is 0.00000441. The third-order valence-corrected chi connectivity index (χ3v) is 2.88. The Bertz CT molecular complexity index is 507. The van der Waals surface area contributed by atoms with Gasteiger partial charge in [-0.3, -0.25) is 0 Å². The third-order valence-electron chi connectivity index (χ3n) is 2.88. The molecular formula is C17H28IN3O. The maximum Gasteiger partial charge on any atom is 0.189 e. The third kappa shape index (κ3) is 7.68. The minimum Gasteiger partial charge on any atom is -0.491 e. The van der Waals surface area contributed by atoms with Crippen molar-refractivity contribution in [1.29, 1.82) is 0 Å². The molecule has 22 heavy (non-hydrogen) atoms. The molecule has 0 fully saturated rings. The van der Waals surface area contributed by atoms with E-state index in [9.17, 15) is 0 Å². The molecule has 0 bridgehead atoms. The monoisotopic (exact) mass is 417 g/mol. The number of ether oxygens (including phenoxy) is 1. The summed E-state index contributed by atoms with van der Waals surface area (Å²) in [5.41, 5.74) is 7.99. The molecular weight excluding hydrogens is 389 g/mol. The molecule has 1 aromatic carbocycles. The lowest BCUT2D eigenvalue weighted by Crippen LogP contribution is -2.35. The Morgan fingerprint density at radius 2 is 1.95 bits per heavy atom. The van der Waals surface area contributed by atoms with Gasteiger partial charge in [-0.05, 0) is 24.0 Å². The number of nitrogens with zero attached hydrogens (tertiary/aromatic N) is 1. The normalized spacial score (nSPS) is 11.5. The van der Waals surface area contributed by atoms with Crippen LogP contribution in [0.4, 0.5) is 0 Å². The molecule has 124 valence electrons. The number of aliphatic imine (C=N–C) groups is 1. The highest BCUT2D eigenvalue weighted by Crippen LogP contribution is 2.30. The van der Waals surface area contributed by atoms with Gasteiger partial charge in [0, 0.05) is 0 Å². The van der Waals surface area contributed by atoms with Crippen LogP contribution in [0.15, 0.2) is 41.4 Å². The van der Waals surface area contributed by atoms with Gasteiger partial charge in [0.15, 0.2) is 5.96 Å². The van der Waals surface area contributed by atoms with Crippen molar-refractivity contribution in [2.75, 3.05) is 19.7 Å². The second kappa shape index (κ2) is 9.71. The lowest BCUT2D eigenvalue weighted by atomic mass is 9.86. The quantitative estimate of drug-likeness (QED) is 0.245. The van der Waals surface area contributed by atoms with Gasteiger partial charge in [0.1, 0.15) is 12.4 Å². The average molecular weight is 417 g/mol. The number of rotatable bonds is 6. The smallest absolute Gasteiger partial charge is 0.189 e. The van der Waals surface area contributed by atoms with Crippen molar-refractivity contribution in [3.63, 3.8) is 0 Å². The van der Waals surface area contributed by atoms with Gasteiger partial charge in [-0.2, -0.15) is 0 Å². The summed E-state index contributed by atoms with van der Waals surface area (Å²) in [4.78, 5) is 4.15. The van der Waals surface area contributed by atoms with E-state index >= 15 is 0 Å². The van der Waals surface area contributed by atoms with Gasteiger partial charge in [-0.15, -0.1) is 24.0 Å². The molecule has 0 atom stereocenters. The number of halogens is 1. The largest absolute Gasteiger partial charge is 0.491 e. The van der Waals surface area contributed by atoms with Crippen LogP contribution in [0.2, 0.25) is 0 Å². The summed E-state index contributed by atoms with van der Waals surface area (Å²) >= 11 is 0. The molecule has 5 heteroatoms. The first kappa shape index (κ1) is 20.8. The van der Waals surface area contributed by atoms with E-state index in [0.717, 1.165) is 11.3 Å². The van der Waals surface area contributed by atoms with Gasteiger partial charge in [0.05, 0.1) is 13.1 Å². The van der Waals surface area contributed by atoms with Crippen LogP contribution in [0.5, 0.6) is 5.75 Å². The number of hydrogen-bond acceptors (Lipinski definition) is 2. The van der Waals surface area contributed by atoms with Gasteiger partial charge in [-0.1, -0.05) is 51.1 Å². The van der Waals surface area contributed by atoms with Crippen molar-refractivity contribution in [2.24, 2.45) is 10.7 Å². The van der Waals surface area contributed by atoms with Crippen LogP contribution in [0.25, 0.3) is 0 Å². The lowest BCUT2D eigenvalue weighted by molar-refractivity contribution is 0.313. The number of para-hydroxylation sites is 1. The Labute approximate surface area is 151 Å². The number of benzene rings is 1. The van der Waals surface area contributed by atoms with Crippen molar-refractivity contribution >= 4 is 29.9 Å². The van der Waals surface area contributed by atoms with Crippen molar-refractivity contribution in [3.8, 4) is 5.75 Å². The Morgan fingerprint density at radius 1 is 1.32 bits per heavy atom. The van der Waals surface area contributed by atoms with E-state index in [2.05, 4.69) is 43.7 Å². The summed E-state index contributed by atoms with van der Waals surface area (Å²) in [5, 5.41) is 3.03. The minimum atomic E-state index is 0. The van der Waals surface area contributed by atoms with Gasteiger partial charge in [-0.25, -0.2) is 4.99 Å². The van der Waals surface area contributed by atoms with Crippen LogP contribution >= 0.6 is 24.0 Å². The van der Waals surface area contributed by atoms with Gasteiger partial charge < -0.3 is 15.8 Å². The Morgan fingerprint density at radius 3 is 2.55 bits per heavy atom. The number of guanidine groups is 1. The first-order valence-electron chi connectivity index (χ1n) is 7.21. The maximum absolute atomic E-state index is 5.85. The van der Waals surface area contributed by atoms with Crippen LogP contribution in [0.3, 0.4) is 0 Å². The summed E-state index contributed by atoms with van der Waals surface area (Å²) in [5.74, 6) is 1.34. The summed E-state index contributed by atoms with van der Waals surface area (Å²) in [6.45, 7) is 13.9. The minimum absolute atomic E-state index is 0. The van der Waals surface area contributed by atoms with Crippen LogP contribution in [-0.2, 0) is 5.41 Å². The zero-order valence-electron chi connectivity index (χ0n) is 14.0. The standard InChI is InChI=1S/C17H27N3O.HI/c1-13(2)12-20-16(18)19-10-11-21-15-9-7-6-8-14(15)17(3,4)5;/h6-9H,1,10-12H2,2-5H3,(H3,18,19,20);1H. The first-order chi connectivity index (χ1) is 9.80. The molecule has 0 aliphatic heterocycles. The molecule has 0 aliphatic carbocycles. The molecule has 0 aromatic heterocycles. The molecule has 0 amide bonds.